The number of hydrogen-bond acceptors (Lipinski definition) is 5. The van der Waals surface area contributed by atoms with Crippen LogP contribution in [0.5, 0.6) is 0 Å². The summed E-state index contributed by atoms with van der Waals surface area (Å²) in [5, 5.41) is 9.00. The summed E-state index contributed by atoms with van der Waals surface area (Å²) in [6, 6.07) is 0. The van der Waals surface area contributed by atoms with Gasteiger partial charge in [-0.05, 0) is 0 Å². The van der Waals surface area contributed by atoms with E-state index in [0.29, 0.717) is 0 Å². The first-order valence-electron chi connectivity index (χ1n) is 5.10. The van der Waals surface area contributed by atoms with Crippen molar-refractivity contribution in [3.05, 3.63) is 27.0 Å². The third-order valence-corrected chi connectivity index (χ3v) is 3.65. The van der Waals surface area contributed by atoms with Gasteiger partial charge in [-0.15, -0.1) is 0 Å². The number of hydrogen-bond donors (Lipinski definition) is 4. The predicted octanol–water partition coefficient (Wildman–Crippen LogP) is -1.64. The van der Waals surface area contributed by atoms with Gasteiger partial charge in [0, 0.05) is 24.8 Å². The van der Waals surface area contributed by atoms with Gasteiger partial charge in [-0.1, -0.05) is 13.8 Å². The molecule has 9 heteroatoms. The van der Waals surface area contributed by atoms with Gasteiger partial charge in [-0.25, -0.2) is 17.9 Å². The van der Waals surface area contributed by atoms with E-state index in [0.717, 1.165) is 6.20 Å². The summed E-state index contributed by atoms with van der Waals surface area (Å²) in [5.41, 5.74) is -2.43. The third kappa shape index (κ3) is 3.52. The number of aromatic nitrogens is 2. The van der Waals surface area contributed by atoms with Gasteiger partial charge in [-0.2, -0.15) is 0 Å². The Balaban J connectivity index is 3.01. The molecular formula is C9H15N3O5S. The number of H-pyrrole nitrogens is 2. The Morgan fingerprint density at radius 3 is 2.50 bits per heavy atom. The van der Waals surface area contributed by atoms with Crippen molar-refractivity contribution in [1.29, 1.82) is 0 Å². The Bertz CT molecular complexity index is 628. The predicted molar refractivity (Wildman–Crippen MR) is 63.7 cm³/mol. The van der Waals surface area contributed by atoms with Crippen LogP contribution in [-0.2, 0) is 10.0 Å². The fourth-order valence-electron chi connectivity index (χ4n) is 1.02. The topological polar surface area (TPSA) is 132 Å². The number of rotatable bonds is 5. The number of nitrogens with one attached hydrogen (secondary N) is 3. The molecule has 0 saturated carbocycles. The zero-order valence-electron chi connectivity index (χ0n) is 9.98. The average Bonchev–Trinajstić information content (AvgIpc) is 2.26. The summed E-state index contributed by atoms with van der Waals surface area (Å²) in [6.45, 7) is 3.07. The van der Waals surface area contributed by atoms with Crippen LogP contribution in [0.25, 0.3) is 0 Å². The highest BCUT2D eigenvalue weighted by atomic mass is 32.2. The molecule has 0 aliphatic heterocycles. The second kappa shape index (κ2) is 5.04. The molecule has 1 heterocycles. The molecule has 18 heavy (non-hydrogen) atoms. The maximum atomic E-state index is 11.8. The number of aliphatic hydroxyl groups is 1. The molecule has 0 radical (unpaired) electrons. The summed E-state index contributed by atoms with van der Waals surface area (Å²) < 4.78 is 25.8. The summed E-state index contributed by atoms with van der Waals surface area (Å²) >= 11 is 0. The molecule has 0 aliphatic rings. The molecule has 0 aliphatic carbocycles. The third-order valence-electron chi connectivity index (χ3n) is 2.24. The fraction of sp³-hybridized carbons (Fsp3) is 0.556. The first kappa shape index (κ1) is 14.6. The molecule has 0 aromatic carbocycles. The van der Waals surface area contributed by atoms with Gasteiger partial charge < -0.3 is 10.1 Å². The molecule has 1 rings (SSSR count). The van der Waals surface area contributed by atoms with Crippen LogP contribution in [0.1, 0.15) is 13.8 Å². The lowest BCUT2D eigenvalue weighted by atomic mass is 9.96. The highest BCUT2D eigenvalue weighted by Gasteiger charge is 2.23. The largest absolute Gasteiger partial charge is 0.396 e. The van der Waals surface area contributed by atoms with Crippen molar-refractivity contribution >= 4 is 10.0 Å². The van der Waals surface area contributed by atoms with Crippen molar-refractivity contribution in [2.45, 2.75) is 18.7 Å². The first-order valence-corrected chi connectivity index (χ1v) is 6.59. The molecule has 0 bridgehead atoms. The molecule has 1 aromatic rings. The zero-order chi connectivity index (χ0) is 14.0. The molecule has 0 saturated heterocycles. The molecule has 1 aromatic heterocycles. The Kier molecular flexibility index (Phi) is 4.09. The van der Waals surface area contributed by atoms with E-state index < -0.39 is 31.6 Å². The lowest BCUT2D eigenvalue weighted by Gasteiger charge is -2.21. The van der Waals surface area contributed by atoms with Gasteiger partial charge >= 0.3 is 5.69 Å². The molecule has 0 atom stereocenters. The van der Waals surface area contributed by atoms with Crippen molar-refractivity contribution in [3.63, 3.8) is 0 Å². The van der Waals surface area contributed by atoms with Crippen molar-refractivity contribution in [1.82, 2.24) is 14.7 Å². The standard InChI is InChI=1S/C9H15N3O5S/c1-9(2,5-13)4-11-18(16,17)6-3-10-8(15)12-7(6)14/h3,11,13H,4-5H2,1-2H3,(H2,10,12,14,15). The van der Waals surface area contributed by atoms with Gasteiger partial charge in [0.2, 0.25) is 10.0 Å². The fourth-order valence-corrected chi connectivity index (χ4v) is 2.27. The maximum Gasteiger partial charge on any atom is 0.325 e. The van der Waals surface area contributed by atoms with E-state index in [9.17, 15) is 18.0 Å². The van der Waals surface area contributed by atoms with E-state index in [2.05, 4.69) is 9.71 Å². The summed E-state index contributed by atoms with van der Waals surface area (Å²) in [5.74, 6) is 0. The van der Waals surface area contributed by atoms with E-state index >= 15 is 0 Å². The van der Waals surface area contributed by atoms with Gasteiger partial charge in [0.25, 0.3) is 5.56 Å². The minimum Gasteiger partial charge on any atom is -0.396 e. The maximum absolute atomic E-state index is 11.8. The van der Waals surface area contributed by atoms with Gasteiger partial charge in [0.05, 0.1) is 0 Å². The van der Waals surface area contributed by atoms with Crippen LogP contribution in [0, 0.1) is 5.41 Å². The van der Waals surface area contributed by atoms with E-state index in [4.69, 9.17) is 5.11 Å². The highest BCUT2D eigenvalue weighted by molar-refractivity contribution is 7.89. The lowest BCUT2D eigenvalue weighted by Crippen LogP contribution is -2.39. The normalized spacial score (nSPS) is 12.6. The summed E-state index contributed by atoms with van der Waals surface area (Å²) in [4.78, 5) is 25.4. The van der Waals surface area contributed by atoms with Crippen molar-refractivity contribution < 1.29 is 13.5 Å². The molecular weight excluding hydrogens is 262 g/mol. The molecule has 0 amide bonds. The Morgan fingerprint density at radius 1 is 1.39 bits per heavy atom. The molecule has 0 unspecified atom stereocenters. The monoisotopic (exact) mass is 277 g/mol. The van der Waals surface area contributed by atoms with Crippen LogP contribution in [0.15, 0.2) is 20.7 Å². The second-order valence-electron chi connectivity index (χ2n) is 4.58. The average molecular weight is 277 g/mol. The molecule has 102 valence electrons. The van der Waals surface area contributed by atoms with Gasteiger partial charge in [-0.3, -0.25) is 9.78 Å². The van der Waals surface area contributed by atoms with E-state index in [-0.39, 0.29) is 13.2 Å². The van der Waals surface area contributed by atoms with Crippen LogP contribution < -0.4 is 16.0 Å². The Morgan fingerprint density at radius 2 is 2.00 bits per heavy atom. The van der Waals surface area contributed by atoms with Crippen LogP contribution in [0.3, 0.4) is 0 Å². The van der Waals surface area contributed by atoms with E-state index in [1.807, 2.05) is 4.98 Å². The van der Waals surface area contributed by atoms with Crippen molar-refractivity contribution in [3.8, 4) is 0 Å². The van der Waals surface area contributed by atoms with E-state index in [1.54, 1.807) is 13.8 Å². The number of aromatic amines is 2. The lowest BCUT2D eigenvalue weighted by molar-refractivity contribution is 0.163. The van der Waals surface area contributed by atoms with Gasteiger partial charge in [0.15, 0.2) is 4.90 Å². The van der Waals surface area contributed by atoms with E-state index in [1.165, 1.54) is 0 Å². The van der Waals surface area contributed by atoms with Crippen LogP contribution in [0.2, 0.25) is 0 Å². The second-order valence-corrected chi connectivity index (χ2v) is 6.32. The molecule has 8 nitrogen and oxygen atoms in total. The quantitative estimate of drug-likeness (QED) is 0.512. The smallest absolute Gasteiger partial charge is 0.325 e. The van der Waals surface area contributed by atoms with Gasteiger partial charge in [0.1, 0.15) is 0 Å². The molecule has 0 spiro atoms. The highest BCUT2D eigenvalue weighted by Crippen LogP contribution is 2.12. The SMILES string of the molecule is CC(C)(CO)CNS(=O)(=O)c1c[nH]c(=O)[nH]c1=O. The summed E-state index contributed by atoms with van der Waals surface area (Å²) in [7, 11) is -4.03. The molecule has 4 N–H and O–H groups in total. The summed E-state index contributed by atoms with van der Waals surface area (Å²) in [6.07, 6.45) is 0.829. The van der Waals surface area contributed by atoms with Crippen LogP contribution >= 0.6 is 0 Å². The Hall–Kier alpha value is -1.45. The minimum absolute atomic E-state index is 0.0373. The molecule has 0 fully saturated rings. The number of aliphatic hydroxyl groups excluding tert-OH is 1. The Labute approximate surface area is 103 Å². The van der Waals surface area contributed by atoms with Crippen LogP contribution in [0.4, 0.5) is 0 Å². The minimum atomic E-state index is -4.03. The first-order chi connectivity index (χ1) is 8.18. The van der Waals surface area contributed by atoms with Crippen molar-refractivity contribution in [2.75, 3.05) is 13.2 Å². The van der Waals surface area contributed by atoms with Crippen LogP contribution in [-0.4, -0.2) is 36.6 Å². The zero-order valence-corrected chi connectivity index (χ0v) is 10.8. The van der Waals surface area contributed by atoms with Crippen molar-refractivity contribution in [2.24, 2.45) is 5.41 Å². The number of sulfonamides is 1.